The normalized spacial score (nSPS) is 32.4. The van der Waals surface area contributed by atoms with Crippen LogP contribution in [0, 0.1) is 5.92 Å². The Balaban J connectivity index is 1.77. The number of rotatable bonds is 3. The fraction of sp³-hybridized carbons (Fsp3) is 0.923. The molecule has 4 heteroatoms. The molecule has 1 amide bonds. The zero-order valence-electron chi connectivity index (χ0n) is 10.6. The molecule has 0 aromatic rings. The summed E-state index contributed by atoms with van der Waals surface area (Å²) in [6.07, 6.45) is 6.59. The molecule has 17 heavy (non-hydrogen) atoms. The second-order valence-corrected chi connectivity index (χ2v) is 5.55. The second-order valence-electron chi connectivity index (χ2n) is 5.55. The Morgan fingerprint density at radius 2 is 2.06 bits per heavy atom. The minimum atomic E-state index is -0.365. The van der Waals surface area contributed by atoms with Gasteiger partial charge in [-0.05, 0) is 32.1 Å². The summed E-state index contributed by atoms with van der Waals surface area (Å²) in [5.74, 6) is 0.693. The summed E-state index contributed by atoms with van der Waals surface area (Å²) in [5, 5.41) is 15.5. The Morgan fingerprint density at radius 3 is 2.65 bits per heavy atom. The van der Waals surface area contributed by atoms with Crippen molar-refractivity contribution in [2.24, 2.45) is 5.92 Å². The molecule has 3 N–H and O–H groups in total. The second kappa shape index (κ2) is 5.83. The van der Waals surface area contributed by atoms with Crippen LogP contribution in [0.15, 0.2) is 0 Å². The van der Waals surface area contributed by atoms with E-state index < -0.39 is 0 Å². The first kappa shape index (κ1) is 12.8. The van der Waals surface area contributed by atoms with Crippen molar-refractivity contribution in [2.75, 3.05) is 6.54 Å². The van der Waals surface area contributed by atoms with Gasteiger partial charge in [-0.2, -0.15) is 0 Å². The Labute approximate surface area is 103 Å². The van der Waals surface area contributed by atoms with E-state index in [1.165, 1.54) is 32.1 Å². The Kier molecular flexibility index (Phi) is 4.40. The summed E-state index contributed by atoms with van der Waals surface area (Å²) >= 11 is 0. The van der Waals surface area contributed by atoms with E-state index in [4.69, 9.17) is 0 Å². The lowest BCUT2D eigenvalue weighted by Crippen LogP contribution is -2.46. The summed E-state index contributed by atoms with van der Waals surface area (Å²) in [4.78, 5) is 12.0. The molecule has 2 aliphatic rings. The van der Waals surface area contributed by atoms with E-state index in [9.17, 15) is 9.90 Å². The van der Waals surface area contributed by atoms with Crippen LogP contribution in [0.5, 0.6) is 0 Å². The van der Waals surface area contributed by atoms with E-state index >= 15 is 0 Å². The van der Waals surface area contributed by atoms with E-state index in [-0.39, 0.29) is 24.1 Å². The maximum atomic E-state index is 12.0. The molecule has 4 nitrogen and oxygen atoms in total. The van der Waals surface area contributed by atoms with Gasteiger partial charge in [0.25, 0.3) is 0 Å². The third-order valence-corrected chi connectivity index (χ3v) is 4.15. The molecule has 2 fully saturated rings. The first-order chi connectivity index (χ1) is 8.16. The van der Waals surface area contributed by atoms with Crippen LogP contribution >= 0.6 is 0 Å². The predicted molar refractivity (Wildman–Crippen MR) is 66.6 cm³/mol. The van der Waals surface area contributed by atoms with Crippen molar-refractivity contribution >= 4 is 5.91 Å². The van der Waals surface area contributed by atoms with Crippen LogP contribution in [-0.4, -0.2) is 35.7 Å². The maximum absolute atomic E-state index is 12.0. The molecular weight excluding hydrogens is 216 g/mol. The first-order valence-corrected chi connectivity index (χ1v) is 6.88. The zero-order chi connectivity index (χ0) is 12.3. The molecule has 1 saturated carbocycles. The molecule has 0 radical (unpaired) electrons. The fourth-order valence-corrected chi connectivity index (χ4v) is 2.99. The number of hydrogen-bond acceptors (Lipinski definition) is 3. The SMILES string of the molecule is C[C@@H](NC(=O)C1CC(O)CN1)C1CCCCC1. The minimum absolute atomic E-state index is 0.0552. The van der Waals surface area contributed by atoms with Crippen LogP contribution in [0.4, 0.5) is 0 Å². The van der Waals surface area contributed by atoms with Crippen molar-refractivity contribution in [3.05, 3.63) is 0 Å². The molecule has 0 aromatic carbocycles. The van der Waals surface area contributed by atoms with Gasteiger partial charge in [-0.25, -0.2) is 0 Å². The molecule has 0 aromatic heterocycles. The largest absolute Gasteiger partial charge is 0.392 e. The molecule has 98 valence electrons. The number of aliphatic hydroxyl groups excluding tert-OH is 1. The van der Waals surface area contributed by atoms with Gasteiger partial charge in [-0.15, -0.1) is 0 Å². The maximum Gasteiger partial charge on any atom is 0.237 e. The summed E-state index contributed by atoms with van der Waals surface area (Å²) < 4.78 is 0. The van der Waals surface area contributed by atoms with Gasteiger partial charge >= 0.3 is 0 Å². The monoisotopic (exact) mass is 240 g/mol. The van der Waals surface area contributed by atoms with Gasteiger partial charge in [0.1, 0.15) is 0 Å². The molecule has 1 saturated heterocycles. The minimum Gasteiger partial charge on any atom is -0.392 e. The molecule has 0 bridgehead atoms. The number of aliphatic hydroxyl groups is 1. The molecule has 1 aliphatic heterocycles. The van der Waals surface area contributed by atoms with E-state index in [0.717, 1.165) is 0 Å². The third-order valence-electron chi connectivity index (χ3n) is 4.15. The Bertz CT molecular complexity index is 264. The first-order valence-electron chi connectivity index (χ1n) is 6.88. The van der Waals surface area contributed by atoms with Gasteiger partial charge < -0.3 is 15.7 Å². The van der Waals surface area contributed by atoms with Gasteiger partial charge in [0.2, 0.25) is 5.91 Å². The number of hydrogen-bond donors (Lipinski definition) is 3. The van der Waals surface area contributed by atoms with Crippen LogP contribution in [-0.2, 0) is 4.79 Å². The van der Waals surface area contributed by atoms with Gasteiger partial charge in [0, 0.05) is 12.6 Å². The quantitative estimate of drug-likeness (QED) is 0.683. The fourth-order valence-electron chi connectivity index (χ4n) is 2.99. The highest BCUT2D eigenvalue weighted by atomic mass is 16.3. The predicted octanol–water partition coefficient (Wildman–Crippen LogP) is 0.794. The van der Waals surface area contributed by atoms with Crippen molar-refractivity contribution in [1.29, 1.82) is 0 Å². The molecule has 0 spiro atoms. The van der Waals surface area contributed by atoms with Crippen molar-refractivity contribution in [3.8, 4) is 0 Å². The van der Waals surface area contributed by atoms with Gasteiger partial charge in [-0.1, -0.05) is 19.3 Å². The number of amides is 1. The van der Waals surface area contributed by atoms with Crippen LogP contribution in [0.2, 0.25) is 0 Å². The lowest BCUT2D eigenvalue weighted by atomic mass is 9.84. The molecule has 2 unspecified atom stereocenters. The highest BCUT2D eigenvalue weighted by Crippen LogP contribution is 2.26. The Morgan fingerprint density at radius 1 is 1.35 bits per heavy atom. The van der Waals surface area contributed by atoms with Crippen molar-refractivity contribution in [1.82, 2.24) is 10.6 Å². The lowest BCUT2D eigenvalue weighted by Gasteiger charge is -2.29. The molecule has 1 aliphatic carbocycles. The van der Waals surface area contributed by atoms with Crippen LogP contribution < -0.4 is 10.6 Å². The van der Waals surface area contributed by atoms with Gasteiger partial charge in [0.05, 0.1) is 12.1 Å². The highest BCUT2D eigenvalue weighted by molar-refractivity contribution is 5.82. The highest BCUT2D eigenvalue weighted by Gasteiger charge is 2.30. The van der Waals surface area contributed by atoms with Crippen molar-refractivity contribution < 1.29 is 9.90 Å². The summed E-state index contributed by atoms with van der Waals surface area (Å²) in [6, 6.07) is 0.0679. The van der Waals surface area contributed by atoms with Crippen LogP contribution in [0.1, 0.15) is 45.4 Å². The molecule has 2 rings (SSSR count). The van der Waals surface area contributed by atoms with E-state index in [2.05, 4.69) is 17.6 Å². The number of carbonyl (C=O) groups is 1. The molecule has 1 heterocycles. The van der Waals surface area contributed by atoms with E-state index in [0.29, 0.717) is 18.9 Å². The standard InChI is InChI=1S/C13H24N2O2/c1-9(10-5-3-2-4-6-10)15-13(17)12-7-11(16)8-14-12/h9-12,14,16H,2-8H2,1H3,(H,15,17)/t9-,11?,12?/m1/s1. The van der Waals surface area contributed by atoms with Gasteiger partial charge in [-0.3, -0.25) is 4.79 Å². The lowest BCUT2D eigenvalue weighted by molar-refractivity contribution is -0.124. The van der Waals surface area contributed by atoms with E-state index in [1.54, 1.807) is 0 Å². The summed E-state index contributed by atoms with van der Waals surface area (Å²) in [7, 11) is 0. The summed E-state index contributed by atoms with van der Waals surface area (Å²) in [6.45, 7) is 2.65. The van der Waals surface area contributed by atoms with Crippen LogP contribution in [0.25, 0.3) is 0 Å². The average Bonchev–Trinajstić information content (AvgIpc) is 2.77. The molecule has 3 atom stereocenters. The van der Waals surface area contributed by atoms with E-state index in [1.807, 2.05) is 0 Å². The van der Waals surface area contributed by atoms with Crippen molar-refractivity contribution in [3.63, 3.8) is 0 Å². The number of β-amino-alcohol motifs (C(OH)–C–C–N with tert-alkyl or cyclic N) is 1. The third kappa shape index (κ3) is 3.42. The van der Waals surface area contributed by atoms with Crippen LogP contribution in [0.3, 0.4) is 0 Å². The van der Waals surface area contributed by atoms with Crippen molar-refractivity contribution in [2.45, 2.75) is 63.6 Å². The Hall–Kier alpha value is -0.610. The number of nitrogens with one attached hydrogen (secondary N) is 2. The van der Waals surface area contributed by atoms with Gasteiger partial charge in [0.15, 0.2) is 0 Å². The number of carbonyl (C=O) groups excluding carboxylic acids is 1. The zero-order valence-corrected chi connectivity index (χ0v) is 10.6. The topological polar surface area (TPSA) is 61.4 Å². The smallest absolute Gasteiger partial charge is 0.237 e. The average molecular weight is 240 g/mol. The summed E-state index contributed by atoms with van der Waals surface area (Å²) in [5.41, 5.74) is 0. The molecular formula is C13H24N2O2.